The smallest absolute Gasteiger partial charge is 0.250 e. The van der Waals surface area contributed by atoms with Crippen LogP contribution in [0.1, 0.15) is 43.5 Å². The molecule has 5 heteroatoms. The van der Waals surface area contributed by atoms with Gasteiger partial charge in [0, 0.05) is 17.8 Å². The number of nitrogens with zero attached hydrogens (tertiary/aromatic N) is 1. The van der Waals surface area contributed by atoms with Crippen molar-refractivity contribution in [1.82, 2.24) is 0 Å². The summed E-state index contributed by atoms with van der Waals surface area (Å²) < 4.78 is 14.2. The Bertz CT molecular complexity index is 494. The number of carbonyl (C=O) groups is 1. The Morgan fingerprint density at radius 3 is 2.42 bits per heavy atom. The van der Waals surface area contributed by atoms with E-state index in [9.17, 15) is 9.18 Å². The number of anilines is 2. The van der Waals surface area contributed by atoms with E-state index in [1.165, 1.54) is 12.1 Å². The predicted molar refractivity (Wildman–Crippen MR) is 74.6 cm³/mol. The van der Waals surface area contributed by atoms with Crippen molar-refractivity contribution in [2.75, 3.05) is 10.6 Å². The highest BCUT2D eigenvalue weighted by Crippen LogP contribution is 2.33. The van der Waals surface area contributed by atoms with Crippen LogP contribution in [0.3, 0.4) is 0 Å². The number of amides is 1. The van der Waals surface area contributed by atoms with Crippen molar-refractivity contribution in [2.45, 2.75) is 45.2 Å². The summed E-state index contributed by atoms with van der Waals surface area (Å²) in [5.41, 5.74) is 11.6. The second kappa shape index (κ2) is 5.07. The van der Waals surface area contributed by atoms with Gasteiger partial charge in [-0.05, 0) is 45.2 Å². The first-order valence-electron chi connectivity index (χ1n) is 6.59. The first-order valence-corrected chi connectivity index (χ1v) is 6.59. The minimum absolute atomic E-state index is 0.0889. The number of hydrogen-bond acceptors (Lipinski definition) is 3. The fourth-order valence-corrected chi connectivity index (χ4v) is 2.88. The zero-order valence-electron chi connectivity index (χ0n) is 11.3. The molecule has 1 heterocycles. The molecule has 0 radical (unpaired) electrons. The molecule has 2 rings (SSSR count). The number of benzene rings is 1. The average Bonchev–Trinajstić information content (AvgIpc) is 2.30. The molecule has 1 aliphatic rings. The van der Waals surface area contributed by atoms with Crippen molar-refractivity contribution in [3.8, 4) is 0 Å². The van der Waals surface area contributed by atoms with Crippen molar-refractivity contribution < 1.29 is 9.18 Å². The van der Waals surface area contributed by atoms with E-state index in [4.69, 9.17) is 11.5 Å². The number of halogens is 1. The van der Waals surface area contributed by atoms with E-state index < -0.39 is 11.7 Å². The van der Waals surface area contributed by atoms with Crippen LogP contribution in [0.5, 0.6) is 0 Å². The quantitative estimate of drug-likeness (QED) is 0.806. The summed E-state index contributed by atoms with van der Waals surface area (Å²) in [6.45, 7) is 4.13. The maximum absolute atomic E-state index is 14.2. The third kappa shape index (κ3) is 2.50. The van der Waals surface area contributed by atoms with Gasteiger partial charge < -0.3 is 16.4 Å². The molecule has 0 spiro atoms. The number of carbonyl (C=O) groups excluding carboxylic acids is 1. The summed E-state index contributed by atoms with van der Waals surface area (Å²) in [7, 11) is 0. The number of primary amides is 1. The summed E-state index contributed by atoms with van der Waals surface area (Å²) in [6.07, 6.45) is 3.16. The van der Waals surface area contributed by atoms with Gasteiger partial charge >= 0.3 is 0 Å². The van der Waals surface area contributed by atoms with Crippen molar-refractivity contribution in [3.05, 3.63) is 23.5 Å². The van der Waals surface area contributed by atoms with Crippen LogP contribution in [-0.4, -0.2) is 18.0 Å². The number of hydrogen-bond donors (Lipinski definition) is 2. The molecule has 1 aliphatic heterocycles. The van der Waals surface area contributed by atoms with Crippen LogP contribution in [0, 0.1) is 5.82 Å². The summed E-state index contributed by atoms with van der Waals surface area (Å²) in [4.78, 5) is 13.4. The Labute approximate surface area is 112 Å². The summed E-state index contributed by atoms with van der Waals surface area (Å²) in [5, 5.41) is 0. The molecule has 0 aromatic heterocycles. The van der Waals surface area contributed by atoms with Gasteiger partial charge in [-0.3, -0.25) is 4.79 Å². The van der Waals surface area contributed by atoms with E-state index in [-0.39, 0.29) is 23.3 Å². The molecule has 4 nitrogen and oxygen atoms in total. The minimum Gasteiger partial charge on any atom is -0.398 e. The molecule has 19 heavy (non-hydrogen) atoms. The summed E-state index contributed by atoms with van der Waals surface area (Å²) >= 11 is 0. The van der Waals surface area contributed by atoms with Gasteiger partial charge in [0.1, 0.15) is 5.82 Å². The first kappa shape index (κ1) is 13.6. The molecular formula is C14H20FN3O. The van der Waals surface area contributed by atoms with Gasteiger partial charge in [0.05, 0.1) is 11.3 Å². The number of rotatable bonds is 2. The van der Waals surface area contributed by atoms with Gasteiger partial charge in [-0.15, -0.1) is 0 Å². The van der Waals surface area contributed by atoms with E-state index >= 15 is 0 Å². The van der Waals surface area contributed by atoms with Crippen LogP contribution in [0.15, 0.2) is 12.1 Å². The lowest BCUT2D eigenvalue weighted by atomic mass is 9.96. The average molecular weight is 265 g/mol. The monoisotopic (exact) mass is 265 g/mol. The van der Waals surface area contributed by atoms with Crippen molar-refractivity contribution in [3.63, 3.8) is 0 Å². The highest BCUT2D eigenvalue weighted by atomic mass is 19.1. The van der Waals surface area contributed by atoms with Gasteiger partial charge in [0.25, 0.3) is 5.91 Å². The van der Waals surface area contributed by atoms with Crippen molar-refractivity contribution >= 4 is 17.3 Å². The van der Waals surface area contributed by atoms with E-state index in [0.717, 1.165) is 19.3 Å². The van der Waals surface area contributed by atoms with Crippen LogP contribution in [0.4, 0.5) is 15.8 Å². The number of nitrogens with two attached hydrogens (primary N) is 2. The Kier molecular flexibility index (Phi) is 3.64. The summed E-state index contributed by atoms with van der Waals surface area (Å²) in [5.74, 6) is -1.03. The van der Waals surface area contributed by atoms with Crippen LogP contribution in [0.2, 0.25) is 0 Å². The molecule has 1 aromatic carbocycles. The van der Waals surface area contributed by atoms with Crippen LogP contribution < -0.4 is 16.4 Å². The fraction of sp³-hybridized carbons (Fsp3) is 0.500. The molecule has 0 aliphatic carbocycles. The normalized spacial score (nSPS) is 23.4. The number of piperidine rings is 1. The largest absolute Gasteiger partial charge is 0.398 e. The molecule has 104 valence electrons. The maximum atomic E-state index is 14.2. The third-order valence-electron chi connectivity index (χ3n) is 3.86. The lowest BCUT2D eigenvalue weighted by molar-refractivity contribution is 0.100. The van der Waals surface area contributed by atoms with Crippen molar-refractivity contribution in [1.29, 1.82) is 0 Å². The third-order valence-corrected chi connectivity index (χ3v) is 3.86. The zero-order valence-corrected chi connectivity index (χ0v) is 11.3. The topological polar surface area (TPSA) is 72.3 Å². The SMILES string of the molecule is C[C@@H]1CCC[C@H](C)N1c1cc(C(N)=O)c(N)cc1F. The molecule has 2 atom stereocenters. The Morgan fingerprint density at radius 2 is 1.89 bits per heavy atom. The lowest BCUT2D eigenvalue weighted by Gasteiger charge is -2.41. The molecule has 1 fully saturated rings. The molecule has 4 N–H and O–H groups in total. The highest BCUT2D eigenvalue weighted by Gasteiger charge is 2.28. The molecule has 1 saturated heterocycles. The Balaban J connectivity index is 2.48. The van der Waals surface area contributed by atoms with Gasteiger partial charge in [0.15, 0.2) is 0 Å². The van der Waals surface area contributed by atoms with Gasteiger partial charge in [-0.1, -0.05) is 0 Å². The molecule has 0 unspecified atom stereocenters. The number of nitrogen functional groups attached to an aromatic ring is 1. The Hall–Kier alpha value is -1.78. The minimum atomic E-state index is -0.629. The first-order chi connectivity index (χ1) is 8.91. The highest BCUT2D eigenvalue weighted by molar-refractivity contribution is 5.99. The molecule has 1 aromatic rings. The van der Waals surface area contributed by atoms with Crippen LogP contribution in [0.25, 0.3) is 0 Å². The van der Waals surface area contributed by atoms with Gasteiger partial charge in [0.2, 0.25) is 0 Å². The van der Waals surface area contributed by atoms with E-state index in [1.807, 2.05) is 4.90 Å². The van der Waals surface area contributed by atoms with Gasteiger partial charge in [-0.2, -0.15) is 0 Å². The predicted octanol–water partition coefficient (Wildman–Crippen LogP) is 2.27. The Morgan fingerprint density at radius 1 is 1.32 bits per heavy atom. The standard InChI is InChI=1S/C14H20FN3O/c1-8-4-3-5-9(2)18(8)13-6-10(14(17)19)12(16)7-11(13)15/h6-9H,3-5,16H2,1-2H3,(H2,17,19)/t8-,9+. The van der Waals surface area contributed by atoms with E-state index in [2.05, 4.69) is 13.8 Å². The zero-order chi connectivity index (χ0) is 14.2. The summed E-state index contributed by atoms with van der Waals surface area (Å²) in [6, 6.07) is 3.14. The molecule has 0 saturated carbocycles. The van der Waals surface area contributed by atoms with E-state index in [1.54, 1.807) is 0 Å². The van der Waals surface area contributed by atoms with Crippen LogP contribution in [-0.2, 0) is 0 Å². The maximum Gasteiger partial charge on any atom is 0.250 e. The van der Waals surface area contributed by atoms with Crippen LogP contribution >= 0.6 is 0 Å². The fourth-order valence-electron chi connectivity index (χ4n) is 2.88. The molecular weight excluding hydrogens is 245 g/mol. The second-order valence-corrected chi connectivity index (χ2v) is 5.29. The molecule has 1 amide bonds. The second-order valence-electron chi connectivity index (χ2n) is 5.29. The molecule has 0 bridgehead atoms. The van der Waals surface area contributed by atoms with Gasteiger partial charge in [-0.25, -0.2) is 4.39 Å². The lowest BCUT2D eigenvalue weighted by Crippen LogP contribution is -2.44. The van der Waals surface area contributed by atoms with Crippen molar-refractivity contribution in [2.24, 2.45) is 5.73 Å². The van der Waals surface area contributed by atoms with E-state index in [0.29, 0.717) is 5.69 Å².